The van der Waals surface area contributed by atoms with E-state index in [4.69, 9.17) is 0 Å². The summed E-state index contributed by atoms with van der Waals surface area (Å²) in [5, 5.41) is 0. The van der Waals surface area contributed by atoms with Crippen molar-refractivity contribution in [3.8, 4) is 0 Å². The van der Waals surface area contributed by atoms with Gasteiger partial charge in [0.05, 0.1) is 0 Å². The minimum absolute atomic E-state index is 0. The summed E-state index contributed by atoms with van der Waals surface area (Å²) in [5.41, 5.74) is 1.17. The number of rotatable bonds is 1. The number of hydrogen-bond acceptors (Lipinski definition) is 0. The molecule has 1 aromatic rings. The fourth-order valence-electron chi connectivity index (χ4n) is 0.589. The molecule has 80 valence electrons. The minimum atomic E-state index is 0. The second kappa shape index (κ2) is 18.2. The second-order valence-electron chi connectivity index (χ2n) is 1.61. The smallest absolute Gasteiger partial charge is 0.0263 e. The molecule has 0 unspecified atom stereocenters. The van der Waals surface area contributed by atoms with Crippen LogP contribution in [-0.4, -0.2) is 0 Å². The first-order chi connectivity index (χ1) is 3.93. The van der Waals surface area contributed by atoms with Gasteiger partial charge in [-0.25, -0.2) is 0 Å². The molecule has 0 fully saturated rings. The Bertz CT molecular complexity index is 175. The fourth-order valence-corrected chi connectivity index (χ4v) is 0.589. The molecule has 0 saturated heterocycles. The van der Waals surface area contributed by atoms with Gasteiger partial charge in [0.2, 0.25) is 0 Å². The third-order valence-electron chi connectivity index (χ3n) is 1.04. The van der Waals surface area contributed by atoms with E-state index in [9.17, 15) is 0 Å². The number of halogens is 5. The second-order valence-corrected chi connectivity index (χ2v) is 1.61. The maximum atomic E-state index is 3.63. The van der Waals surface area contributed by atoms with E-state index in [2.05, 4.69) is 6.58 Å². The highest BCUT2D eigenvalue weighted by molar-refractivity contribution is 5.86. The first kappa shape index (κ1) is 29.2. The Morgan fingerprint density at radius 2 is 1.15 bits per heavy atom. The van der Waals surface area contributed by atoms with Crippen molar-refractivity contribution in [1.82, 2.24) is 0 Å². The van der Waals surface area contributed by atoms with Crippen molar-refractivity contribution >= 4 is 68.1 Å². The van der Waals surface area contributed by atoms with Crippen LogP contribution in [0, 0.1) is 0 Å². The van der Waals surface area contributed by atoms with Crippen molar-refractivity contribution in [1.29, 1.82) is 0 Å². The third kappa shape index (κ3) is 12.4. The molecular formula is C8H13Cl5. The van der Waals surface area contributed by atoms with Crippen LogP contribution in [0.5, 0.6) is 0 Å². The van der Waals surface area contributed by atoms with Gasteiger partial charge in [-0.1, -0.05) is 43.0 Å². The van der Waals surface area contributed by atoms with Gasteiger partial charge in [0, 0.05) is 0 Å². The van der Waals surface area contributed by atoms with Gasteiger partial charge in [0.1, 0.15) is 0 Å². The molecule has 0 N–H and O–H groups in total. The van der Waals surface area contributed by atoms with Gasteiger partial charge in [-0.2, -0.15) is 0 Å². The van der Waals surface area contributed by atoms with Crippen LogP contribution >= 0.6 is 62.0 Å². The lowest BCUT2D eigenvalue weighted by atomic mass is 10.2. The maximum Gasteiger partial charge on any atom is -0.0263 e. The molecule has 0 saturated carbocycles. The molecule has 1 rings (SSSR count). The normalized spacial score (nSPS) is 5.23. The zero-order valence-corrected chi connectivity index (χ0v) is 10.8. The molecule has 5 heteroatoms. The topological polar surface area (TPSA) is 0 Å². The van der Waals surface area contributed by atoms with Crippen molar-refractivity contribution in [3.63, 3.8) is 0 Å². The van der Waals surface area contributed by atoms with Crippen molar-refractivity contribution in [2.24, 2.45) is 0 Å². The molecule has 0 bridgehead atoms. The summed E-state index contributed by atoms with van der Waals surface area (Å²) in [7, 11) is 0. The van der Waals surface area contributed by atoms with E-state index in [0.717, 1.165) is 0 Å². The van der Waals surface area contributed by atoms with Crippen LogP contribution in [0.3, 0.4) is 0 Å². The van der Waals surface area contributed by atoms with E-state index in [1.807, 2.05) is 36.4 Å². The van der Waals surface area contributed by atoms with Crippen LogP contribution < -0.4 is 0 Å². The summed E-state index contributed by atoms with van der Waals surface area (Å²) in [4.78, 5) is 0. The molecule has 1 aromatic carbocycles. The average molecular weight is 286 g/mol. The first-order valence-electron chi connectivity index (χ1n) is 2.61. The van der Waals surface area contributed by atoms with Crippen LogP contribution in [0.4, 0.5) is 0 Å². The van der Waals surface area contributed by atoms with Crippen molar-refractivity contribution in [2.75, 3.05) is 0 Å². The number of hydrogen-bond donors (Lipinski definition) is 0. The Morgan fingerprint density at radius 1 is 0.769 bits per heavy atom. The maximum absolute atomic E-state index is 3.63. The largest absolute Gasteiger partial charge is 0.147 e. The first-order valence-corrected chi connectivity index (χ1v) is 2.61. The van der Waals surface area contributed by atoms with Crippen LogP contribution in [0.1, 0.15) is 5.56 Å². The highest BCUT2D eigenvalue weighted by Gasteiger charge is 1.75. The molecule has 0 aromatic heterocycles. The Morgan fingerprint density at radius 3 is 1.38 bits per heavy atom. The van der Waals surface area contributed by atoms with E-state index in [1.54, 1.807) is 0 Å². The highest BCUT2D eigenvalue weighted by Crippen LogP contribution is 1.97. The SMILES string of the molecule is C=Cc1ccccc1.Cl.Cl.Cl.Cl.Cl. The van der Waals surface area contributed by atoms with Gasteiger partial charge in [-0.05, 0) is 5.56 Å². The van der Waals surface area contributed by atoms with Gasteiger partial charge in [-0.3, -0.25) is 0 Å². The lowest BCUT2D eigenvalue weighted by Crippen LogP contribution is -1.63. The van der Waals surface area contributed by atoms with E-state index in [1.165, 1.54) is 5.56 Å². The third-order valence-corrected chi connectivity index (χ3v) is 1.04. The minimum Gasteiger partial charge on any atom is -0.147 e. The highest BCUT2D eigenvalue weighted by atomic mass is 35.5. The molecule has 0 heterocycles. The van der Waals surface area contributed by atoms with Crippen LogP contribution in [0.15, 0.2) is 36.9 Å². The van der Waals surface area contributed by atoms with E-state index in [0.29, 0.717) is 0 Å². The fraction of sp³-hybridized carbons (Fsp3) is 0. The van der Waals surface area contributed by atoms with Gasteiger partial charge in [-0.15, -0.1) is 62.0 Å². The monoisotopic (exact) mass is 284 g/mol. The quantitative estimate of drug-likeness (QED) is 0.716. The van der Waals surface area contributed by atoms with E-state index >= 15 is 0 Å². The van der Waals surface area contributed by atoms with E-state index < -0.39 is 0 Å². The van der Waals surface area contributed by atoms with Crippen LogP contribution in [0.2, 0.25) is 0 Å². The summed E-state index contributed by atoms with van der Waals surface area (Å²) in [6, 6.07) is 10.0. The molecule has 0 atom stereocenters. The Balaban J connectivity index is -0.0000000427. The molecule has 0 amide bonds. The van der Waals surface area contributed by atoms with Gasteiger partial charge < -0.3 is 0 Å². The summed E-state index contributed by atoms with van der Waals surface area (Å²) in [6.07, 6.45) is 1.83. The van der Waals surface area contributed by atoms with Crippen LogP contribution in [-0.2, 0) is 0 Å². The lowest BCUT2D eigenvalue weighted by Gasteiger charge is -1.85. The van der Waals surface area contributed by atoms with E-state index in [-0.39, 0.29) is 62.0 Å². The molecular weight excluding hydrogens is 273 g/mol. The van der Waals surface area contributed by atoms with Gasteiger partial charge in [0.15, 0.2) is 0 Å². The molecule has 0 nitrogen and oxygen atoms in total. The Labute approximate surface area is 110 Å². The standard InChI is InChI=1S/C8H8.5ClH/c1-2-8-6-4-3-5-7-8;;;;;/h2-7H,1H2;5*1H. The summed E-state index contributed by atoms with van der Waals surface area (Å²) >= 11 is 0. The zero-order chi connectivity index (χ0) is 5.82. The van der Waals surface area contributed by atoms with Crippen molar-refractivity contribution < 1.29 is 0 Å². The van der Waals surface area contributed by atoms with Crippen molar-refractivity contribution in [2.45, 2.75) is 0 Å². The summed E-state index contributed by atoms with van der Waals surface area (Å²) in [5.74, 6) is 0. The molecule has 0 aliphatic heterocycles. The molecule has 0 aliphatic carbocycles. The van der Waals surface area contributed by atoms with Gasteiger partial charge in [0.25, 0.3) is 0 Å². The average Bonchev–Trinajstić information content (AvgIpc) is 1.90. The zero-order valence-electron chi connectivity index (χ0n) is 6.71. The van der Waals surface area contributed by atoms with Crippen molar-refractivity contribution in [3.05, 3.63) is 42.5 Å². The molecule has 0 aliphatic rings. The lowest BCUT2D eigenvalue weighted by molar-refractivity contribution is 1.67. The molecule has 0 radical (unpaired) electrons. The number of benzene rings is 1. The molecule has 0 spiro atoms. The predicted octanol–water partition coefficient (Wildman–Crippen LogP) is 4.44. The van der Waals surface area contributed by atoms with Gasteiger partial charge >= 0.3 is 0 Å². The Hall–Kier alpha value is 0.410. The molecule has 13 heavy (non-hydrogen) atoms. The summed E-state index contributed by atoms with van der Waals surface area (Å²) in [6.45, 7) is 3.63. The van der Waals surface area contributed by atoms with Crippen LogP contribution in [0.25, 0.3) is 6.08 Å². The Kier molecular flexibility index (Phi) is 41.0. The predicted molar refractivity (Wildman–Crippen MR) is 72.8 cm³/mol. The summed E-state index contributed by atoms with van der Waals surface area (Å²) < 4.78 is 0.